The van der Waals surface area contributed by atoms with E-state index in [1.54, 1.807) is 11.3 Å². The Morgan fingerprint density at radius 2 is 1.75 bits per heavy atom. The molecule has 0 aliphatic rings. The van der Waals surface area contributed by atoms with Gasteiger partial charge in [0.15, 0.2) is 5.43 Å². The molecule has 3 nitrogen and oxygen atoms in total. The highest BCUT2D eigenvalue weighted by Gasteiger charge is 2.07. The lowest BCUT2D eigenvalue weighted by Gasteiger charge is -2.17. The SMILES string of the molecule is CCN(CC)CCCOc1ccc2c(=O)c3ccccc3sc2c1. The number of fused-ring (bicyclic) bond motifs is 2. The number of rotatable bonds is 7. The molecule has 0 aliphatic heterocycles. The van der Waals surface area contributed by atoms with E-state index in [1.165, 1.54) is 0 Å². The molecule has 0 aliphatic carbocycles. The second kappa shape index (κ2) is 7.77. The Morgan fingerprint density at radius 3 is 2.54 bits per heavy atom. The Labute approximate surface area is 146 Å². The van der Waals surface area contributed by atoms with Crippen LogP contribution >= 0.6 is 11.3 Å². The molecule has 1 heterocycles. The summed E-state index contributed by atoms with van der Waals surface area (Å²) in [6.45, 7) is 8.27. The van der Waals surface area contributed by atoms with E-state index in [-0.39, 0.29) is 5.43 Å². The molecule has 0 spiro atoms. The van der Waals surface area contributed by atoms with Gasteiger partial charge in [0.2, 0.25) is 0 Å². The van der Waals surface area contributed by atoms with Crippen LogP contribution in [0, 0.1) is 0 Å². The molecule has 24 heavy (non-hydrogen) atoms. The van der Waals surface area contributed by atoms with E-state index in [4.69, 9.17) is 4.74 Å². The van der Waals surface area contributed by atoms with E-state index < -0.39 is 0 Å². The average Bonchev–Trinajstić information content (AvgIpc) is 2.62. The zero-order valence-corrected chi connectivity index (χ0v) is 15.1. The molecule has 3 rings (SSSR count). The van der Waals surface area contributed by atoms with Crippen molar-refractivity contribution in [2.45, 2.75) is 20.3 Å². The van der Waals surface area contributed by atoms with Crippen LogP contribution in [-0.4, -0.2) is 31.1 Å². The summed E-state index contributed by atoms with van der Waals surface area (Å²) in [7, 11) is 0. The Kier molecular flexibility index (Phi) is 5.48. The maximum absolute atomic E-state index is 12.6. The molecule has 0 amide bonds. The Bertz CT molecular complexity index is 884. The van der Waals surface area contributed by atoms with Crippen molar-refractivity contribution in [1.82, 2.24) is 4.90 Å². The monoisotopic (exact) mass is 341 g/mol. The molecule has 126 valence electrons. The maximum atomic E-state index is 12.6. The fraction of sp³-hybridized carbons (Fsp3) is 0.350. The summed E-state index contributed by atoms with van der Waals surface area (Å²) in [5, 5.41) is 1.57. The van der Waals surface area contributed by atoms with Crippen molar-refractivity contribution in [3.63, 3.8) is 0 Å². The van der Waals surface area contributed by atoms with Crippen LogP contribution in [0.2, 0.25) is 0 Å². The molecule has 2 aromatic carbocycles. The van der Waals surface area contributed by atoms with Gasteiger partial charge >= 0.3 is 0 Å². The largest absolute Gasteiger partial charge is 0.493 e. The van der Waals surface area contributed by atoms with Crippen LogP contribution in [0.5, 0.6) is 5.75 Å². The van der Waals surface area contributed by atoms with Gasteiger partial charge in [-0.15, -0.1) is 11.3 Å². The first kappa shape index (κ1) is 16.9. The van der Waals surface area contributed by atoms with Crippen molar-refractivity contribution in [2.24, 2.45) is 0 Å². The number of hydrogen-bond acceptors (Lipinski definition) is 4. The van der Waals surface area contributed by atoms with E-state index in [0.717, 1.165) is 52.0 Å². The Morgan fingerprint density at radius 1 is 1.00 bits per heavy atom. The van der Waals surface area contributed by atoms with Gasteiger partial charge in [-0.05, 0) is 49.8 Å². The first-order valence-electron chi connectivity index (χ1n) is 8.53. The van der Waals surface area contributed by atoms with Gasteiger partial charge in [0.1, 0.15) is 5.75 Å². The van der Waals surface area contributed by atoms with Gasteiger partial charge in [0, 0.05) is 26.7 Å². The van der Waals surface area contributed by atoms with Crippen LogP contribution in [0.25, 0.3) is 20.2 Å². The minimum atomic E-state index is 0.104. The highest BCUT2D eigenvalue weighted by atomic mass is 32.1. The van der Waals surface area contributed by atoms with E-state index in [2.05, 4.69) is 18.7 Å². The third-order valence-corrected chi connectivity index (χ3v) is 5.46. The van der Waals surface area contributed by atoms with Gasteiger partial charge in [0.05, 0.1) is 6.61 Å². The van der Waals surface area contributed by atoms with E-state index in [0.29, 0.717) is 6.61 Å². The smallest absolute Gasteiger partial charge is 0.195 e. The third-order valence-electron chi connectivity index (χ3n) is 4.33. The number of benzene rings is 2. The second-order valence-corrected chi connectivity index (χ2v) is 6.90. The summed E-state index contributed by atoms with van der Waals surface area (Å²) in [6, 6.07) is 13.6. The van der Waals surface area contributed by atoms with Crippen molar-refractivity contribution in [1.29, 1.82) is 0 Å². The minimum Gasteiger partial charge on any atom is -0.493 e. The van der Waals surface area contributed by atoms with Gasteiger partial charge in [0.25, 0.3) is 0 Å². The summed E-state index contributed by atoms with van der Waals surface area (Å²) in [4.78, 5) is 15.0. The number of hydrogen-bond donors (Lipinski definition) is 0. The van der Waals surface area contributed by atoms with Crippen LogP contribution in [0.4, 0.5) is 0 Å². The third kappa shape index (κ3) is 3.60. The first-order valence-corrected chi connectivity index (χ1v) is 9.35. The predicted molar refractivity (Wildman–Crippen MR) is 104 cm³/mol. The predicted octanol–water partition coefficient (Wildman–Crippen LogP) is 4.53. The Balaban J connectivity index is 1.76. The molecule has 0 unspecified atom stereocenters. The topological polar surface area (TPSA) is 29.5 Å². The number of ether oxygens (including phenoxy) is 1. The fourth-order valence-corrected chi connectivity index (χ4v) is 3.99. The second-order valence-electron chi connectivity index (χ2n) is 5.81. The van der Waals surface area contributed by atoms with Crippen LogP contribution in [-0.2, 0) is 0 Å². The molecular weight excluding hydrogens is 318 g/mol. The van der Waals surface area contributed by atoms with Crippen molar-refractivity contribution in [3.05, 3.63) is 52.7 Å². The summed E-state index contributed by atoms with van der Waals surface area (Å²) in [5.41, 5.74) is 0.104. The van der Waals surface area contributed by atoms with Crippen molar-refractivity contribution < 1.29 is 4.74 Å². The Hall–Kier alpha value is -1.91. The molecule has 0 saturated carbocycles. The molecular formula is C20H23NO2S. The summed E-state index contributed by atoms with van der Waals surface area (Å²) >= 11 is 1.64. The van der Waals surface area contributed by atoms with Crippen LogP contribution in [0.3, 0.4) is 0 Å². The molecule has 0 N–H and O–H groups in total. The lowest BCUT2D eigenvalue weighted by Crippen LogP contribution is -2.25. The first-order chi connectivity index (χ1) is 11.7. The lowest BCUT2D eigenvalue weighted by atomic mass is 10.2. The molecule has 0 atom stereocenters. The van der Waals surface area contributed by atoms with Crippen LogP contribution in [0.15, 0.2) is 47.3 Å². The quantitative estimate of drug-likeness (QED) is 0.467. The van der Waals surface area contributed by atoms with E-state index in [1.807, 2.05) is 42.5 Å². The summed E-state index contributed by atoms with van der Waals surface area (Å²) < 4.78 is 7.89. The van der Waals surface area contributed by atoms with Crippen LogP contribution in [0.1, 0.15) is 20.3 Å². The van der Waals surface area contributed by atoms with E-state index in [9.17, 15) is 4.79 Å². The van der Waals surface area contributed by atoms with Gasteiger partial charge < -0.3 is 9.64 Å². The summed E-state index contributed by atoms with van der Waals surface area (Å²) in [6.07, 6.45) is 1.01. The average molecular weight is 341 g/mol. The van der Waals surface area contributed by atoms with Crippen LogP contribution < -0.4 is 10.2 Å². The number of nitrogens with zero attached hydrogens (tertiary/aromatic N) is 1. The minimum absolute atomic E-state index is 0.104. The zero-order valence-electron chi connectivity index (χ0n) is 14.2. The van der Waals surface area contributed by atoms with Crippen molar-refractivity contribution >= 4 is 31.5 Å². The molecule has 0 radical (unpaired) electrons. The fourth-order valence-electron chi connectivity index (χ4n) is 2.89. The highest BCUT2D eigenvalue weighted by Crippen LogP contribution is 2.27. The van der Waals surface area contributed by atoms with Gasteiger partial charge in [-0.25, -0.2) is 0 Å². The molecule has 4 heteroatoms. The summed E-state index contributed by atoms with van der Waals surface area (Å²) in [5.74, 6) is 0.841. The molecule has 0 bridgehead atoms. The maximum Gasteiger partial charge on any atom is 0.195 e. The van der Waals surface area contributed by atoms with Gasteiger partial charge in [-0.1, -0.05) is 26.0 Å². The standard InChI is InChI=1S/C20H23NO2S/c1-3-21(4-2)12-7-13-23-15-10-11-17-19(14-15)24-18-9-6-5-8-16(18)20(17)22/h5-6,8-11,14H,3-4,7,12-13H2,1-2H3. The van der Waals surface area contributed by atoms with Crippen molar-refractivity contribution in [2.75, 3.05) is 26.2 Å². The van der Waals surface area contributed by atoms with Crippen molar-refractivity contribution in [3.8, 4) is 5.75 Å². The normalized spacial score (nSPS) is 11.5. The molecule has 1 aromatic heterocycles. The lowest BCUT2D eigenvalue weighted by molar-refractivity contribution is 0.249. The van der Waals surface area contributed by atoms with Gasteiger partial charge in [-0.3, -0.25) is 4.79 Å². The molecule has 0 fully saturated rings. The highest BCUT2D eigenvalue weighted by molar-refractivity contribution is 7.24. The van der Waals surface area contributed by atoms with E-state index >= 15 is 0 Å². The molecule has 0 saturated heterocycles. The zero-order chi connectivity index (χ0) is 16.9. The molecule has 3 aromatic rings. The van der Waals surface area contributed by atoms with Gasteiger partial charge in [-0.2, -0.15) is 0 Å².